The number of hydrogen-bond donors (Lipinski definition) is 2. The summed E-state index contributed by atoms with van der Waals surface area (Å²) in [6.45, 7) is 0.625. The summed E-state index contributed by atoms with van der Waals surface area (Å²) in [5.74, 6) is 0.0493. The molecule has 0 unspecified atom stereocenters. The van der Waals surface area contributed by atoms with Crippen LogP contribution in [0.5, 0.6) is 5.75 Å². The quantitative estimate of drug-likeness (QED) is 0.624. The zero-order valence-electron chi connectivity index (χ0n) is 16.9. The largest absolute Gasteiger partial charge is 0.495 e. The second-order valence-electron chi connectivity index (χ2n) is 7.03. The maximum atomic E-state index is 13.1. The van der Waals surface area contributed by atoms with Gasteiger partial charge in [-0.1, -0.05) is 22.7 Å². The molecule has 0 bridgehead atoms. The highest BCUT2D eigenvalue weighted by molar-refractivity contribution is 7.10. The third kappa shape index (κ3) is 4.64. The van der Waals surface area contributed by atoms with E-state index in [9.17, 15) is 9.59 Å². The minimum Gasteiger partial charge on any atom is -0.495 e. The SMILES string of the molecule is COc1ccccc1NC(=O)c1nnsc1NC(=O)N1CCCC[C@@H]1c1cccnc1. The van der Waals surface area contributed by atoms with Gasteiger partial charge >= 0.3 is 6.03 Å². The lowest BCUT2D eigenvalue weighted by Crippen LogP contribution is -2.41. The number of benzene rings is 1. The predicted molar refractivity (Wildman–Crippen MR) is 117 cm³/mol. The number of methoxy groups -OCH3 is 1. The number of para-hydroxylation sites is 2. The summed E-state index contributed by atoms with van der Waals surface area (Å²) in [5.41, 5.74) is 1.56. The van der Waals surface area contributed by atoms with E-state index in [1.165, 1.54) is 7.11 Å². The number of carbonyl (C=O) groups excluding carboxylic acids is 2. The van der Waals surface area contributed by atoms with E-state index in [4.69, 9.17) is 4.74 Å². The van der Waals surface area contributed by atoms with Crippen molar-refractivity contribution in [2.75, 3.05) is 24.3 Å². The van der Waals surface area contributed by atoms with Gasteiger partial charge in [-0.15, -0.1) is 5.10 Å². The maximum absolute atomic E-state index is 13.1. The van der Waals surface area contributed by atoms with Crippen LogP contribution in [0.25, 0.3) is 0 Å². The first-order valence-electron chi connectivity index (χ1n) is 9.91. The summed E-state index contributed by atoms with van der Waals surface area (Å²) in [5, 5.41) is 9.80. The molecule has 9 nitrogen and oxygen atoms in total. The number of nitrogens with zero attached hydrogens (tertiary/aromatic N) is 4. The molecule has 1 atom stereocenters. The van der Waals surface area contributed by atoms with Crippen molar-refractivity contribution in [3.8, 4) is 5.75 Å². The van der Waals surface area contributed by atoms with Gasteiger partial charge in [0, 0.05) is 30.5 Å². The number of nitrogens with one attached hydrogen (secondary N) is 2. The zero-order chi connectivity index (χ0) is 21.6. The van der Waals surface area contributed by atoms with Crippen molar-refractivity contribution in [1.82, 2.24) is 19.5 Å². The molecule has 0 radical (unpaired) electrons. The molecular weight excluding hydrogens is 416 g/mol. The molecule has 1 fully saturated rings. The fraction of sp³-hybridized carbons (Fsp3) is 0.286. The van der Waals surface area contributed by atoms with E-state index >= 15 is 0 Å². The molecule has 0 aliphatic carbocycles. The molecule has 0 spiro atoms. The van der Waals surface area contributed by atoms with Crippen LogP contribution in [0.2, 0.25) is 0 Å². The average Bonchev–Trinajstić information content (AvgIpc) is 3.28. The number of ether oxygens (including phenoxy) is 1. The van der Waals surface area contributed by atoms with E-state index in [0.717, 1.165) is 36.4 Å². The van der Waals surface area contributed by atoms with Gasteiger partial charge in [0.25, 0.3) is 5.91 Å². The number of hydrogen-bond acceptors (Lipinski definition) is 7. The molecule has 3 heterocycles. The Morgan fingerprint density at radius 3 is 2.84 bits per heavy atom. The lowest BCUT2D eigenvalue weighted by Gasteiger charge is -2.35. The predicted octanol–water partition coefficient (Wildman–Crippen LogP) is 3.95. The van der Waals surface area contributed by atoms with Gasteiger partial charge in [-0.2, -0.15) is 0 Å². The summed E-state index contributed by atoms with van der Waals surface area (Å²) in [6, 6.07) is 10.6. The molecule has 3 aromatic rings. The maximum Gasteiger partial charge on any atom is 0.323 e. The summed E-state index contributed by atoms with van der Waals surface area (Å²) < 4.78 is 9.12. The summed E-state index contributed by atoms with van der Waals surface area (Å²) in [7, 11) is 1.53. The van der Waals surface area contributed by atoms with Crippen molar-refractivity contribution in [2.24, 2.45) is 0 Å². The summed E-state index contributed by atoms with van der Waals surface area (Å²) in [4.78, 5) is 31.8. The summed E-state index contributed by atoms with van der Waals surface area (Å²) in [6.07, 6.45) is 6.33. The zero-order valence-corrected chi connectivity index (χ0v) is 17.8. The van der Waals surface area contributed by atoms with E-state index in [2.05, 4.69) is 25.2 Å². The molecule has 1 aliphatic heterocycles. The van der Waals surface area contributed by atoms with E-state index in [-0.39, 0.29) is 17.8 Å². The molecule has 1 aromatic carbocycles. The first-order valence-corrected chi connectivity index (χ1v) is 10.7. The molecule has 4 rings (SSSR count). The fourth-order valence-corrected chi connectivity index (χ4v) is 4.17. The Labute approximate surface area is 183 Å². The highest BCUT2D eigenvalue weighted by Crippen LogP contribution is 2.32. The van der Waals surface area contributed by atoms with Crippen LogP contribution in [-0.2, 0) is 0 Å². The van der Waals surface area contributed by atoms with E-state index in [1.54, 1.807) is 35.5 Å². The molecule has 2 aromatic heterocycles. The summed E-state index contributed by atoms with van der Waals surface area (Å²) >= 11 is 0.964. The minimum atomic E-state index is -0.476. The second kappa shape index (κ2) is 9.52. The van der Waals surface area contributed by atoms with Crippen molar-refractivity contribution in [1.29, 1.82) is 0 Å². The Bertz CT molecular complexity index is 1060. The van der Waals surface area contributed by atoms with Gasteiger partial charge in [-0.3, -0.25) is 15.1 Å². The Morgan fingerprint density at radius 2 is 2.03 bits per heavy atom. The molecule has 31 heavy (non-hydrogen) atoms. The number of pyridine rings is 1. The molecule has 2 N–H and O–H groups in total. The van der Waals surface area contributed by atoms with Gasteiger partial charge in [0.05, 0.1) is 18.8 Å². The first kappa shape index (κ1) is 20.7. The monoisotopic (exact) mass is 438 g/mol. The van der Waals surface area contributed by atoms with Crippen LogP contribution < -0.4 is 15.4 Å². The van der Waals surface area contributed by atoms with Crippen LogP contribution in [0, 0.1) is 0 Å². The number of carbonyl (C=O) groups is 2. The lowest BCUT2D eigenvalue weighted by molar-refractivity contribution is 0.102. The van der Waals surface area contributed by atoms with E-state index in [0.29, 0.717) is 23.0 Å². The van der Waals surface area contributed by atoms with Crippen LogP contribution in [0.15, 0.2) is 48.8 Å². The topological polar surface area (TPSA) is 109 Å². The molecule has 1 aliphatic rings. The molecular formula is C21H22N6O3S. The van der Waals surface area contributed by atoms with Gasteiger partial charge in [0.1, 0.15) is 5.75 Å². The first-order chi connectivity index (χ1) is 15.2. The number of amides is 3. The van der Waals surface area contributed by atoms with Gasteiger partial charge < -0.3 is 15.0 Å². The minimum absolute atomic E-state index is 0.0548. The van der Waals surface area contributed by atoms with Crippen LogP contribution in [0.3, 0.4) is 0 Å². The Balaban J connectivity index is 1.49. The highest BCUT2D eigenvalue weighted by Gasteiger charge is 2.30. The van der Waals surface area contributed by atoms with Crippen molar-refractivity contribution < 1.29 is 14.3 Å². The normalized spacial score (nSPS) is 15.9. The van der Waals surface area contributed by atoms with Crippen LogP contribution in [-0.4, -0.2) is 45.1 Å². The van der Waals surface area contributed by atoms with Crippen molar-refractivity contribution in [3.63, 3.8) is 0 Å². The fourth-order valence-electron chi connectivity index (χ4n) is 3.61. The Hall–Kier alpha value is -3.53. The van der Waals surface area contributed by atoms with Gasteiger partial charge in [-0.05, 0) is 43.0 Å². The van der Waals surface area contributed by atoms with Crippen molar-refractivity contribution in [2.45, 2.75) is 25.3 Å². The molecule has 160 valence electrons. The van der Waals surface area contributed by atoms with E-state index < -0.39 is 5.91 Å². The lowest BCUT2D eigenvalue weighted by atomic mass is 9.97. The number of likely N-dealkylation sites (tertiary alicyclic amines) is 1. The van der Waals surface area contributed by atoms with Gasteiger partial charge in [0.15, 0.2) is 10.7 Å². The van der Waals surface area contributed by atoms with Crippen LogP contribution in [0.1, 0.15) is 41.4 Å². The number of rotatable bonds is 5. The molecule has 0 saturated carbocycles. The number of aromatic nitrogens is 3. The van der Waals surface area contributed by atoms with Gasteiger partial charge in [0.2, 0.25) is 0 Å². The number of urea groups is 1. The smallest absolute Gasteiger partial charge is 0.323 e. The van der Waals surface area contributed by atoms with Crippen molar-refractivity contribution >= 4 is 34.2 Å². The van der Waals surface area contributed by atoms with E-state index in [1.807, 2.05) is 18.2 Å². The standard InChI is InChI=1S/C21H22N6O3S/c1-30-17-10-3-2-8-15(17)23-19(28)18-20(31-26-25-18)24-21(29)27-12-5-4-9-16(27)14-7-6-11-22-13-14/h2-3,6-8,10-11,13,16H,4-5,9,12H2,1H3,(H,23,28)(H,24,29)/t16-/m1/s1. The average molecular weight is 439 g/mol. The van der Waals surface area contributed by atoms with Gasteiger partial charge in [-0.25, -0.2) is 4.79 Å². The second-order valence-corrected chi connectivity index (χ2v) is 7.78. The molecule has 3 amide bonds. The Morgan fingerprint density at radius 1 is 1.16 bits per heavy atom. The van der Waals surface area contributed by atoms with Crippen LogP contribution in [0.4, 0.5) is 15.5 Å². The third-order valence-corrected chi connectivity index (χ3v) is 5.75. The molecule has 1 saturated heterocycles. The highest BCUT2D eigenvalue weighted by atomic mass is 32.1. The Kier molecular flexibility index (Phi) is 6.37. The number of anilines is 2. The third-order valence-electron chi connectivity index (χ3n) is 5.11. The van der Waals surface area contributed by atoms with Crippen molar-refractivity contribution in [3.05, 3.63) is 60.0 Å². The molecule has 10 heteroatoms. The van der Waals surface area contributed by atoms with Crippen LogP contribution >= 0.6 is 11.5 Å². The number of piperidine rings is 1.